The molecule has 0 fully saturated rings. The topological polar surface area (TPSA) is 56.0 Å². The molecule has 94 valence electrons. The maximum Gasteiger partial charge on any atom is 0.0635 e. The molecule has 1 unspecified atom stereocenters. The lowest BCUT2D eigenvalue weighted by Crippen LogP contribution is -2.01. The van der Waals surface area contributed by atoms with E-state index in [2.05, 4.69) is 20.9 Å². The molecule has 1 atom stereocenters. The largest absolute Gasteiger partial charge is 0.398 e. The zero-order valence-electron chi connectivity index (χ0n) is 9.27. The molecule has 1 heterocycles. The molecule has 3 nitrogen and oxygen atoms in total. The van der Waals surface area contributed by atoms with E-state index in [4.69, 9.17) is 17.3 Å². The average molecular weight is 346 g/mol. The van der Waals surface area contributed by atoms with E-state index in [1.807, 2.05) is 6.07 Å². The Morgan fingerprint density at radius 1 is 1.33 bits per heavy atom. The van der Waals surface area contributed by atoms with Crippen molar-refractivity contribution in [2.24, 2.45) is 0 Å². The van der Waals surface area contributed by atoms with Crippen LogP contribution in [0.2, 0.25) is 5.02 Å². The smallest absolute Gasteiger partial charge is 0.0635 e. The molecule has 0 aliphatic carbocycles. The molecule has 0 spiro atoms. The van der Waals surface area contributed by atoms with E-state index in [9.17, 15) is 4.21 Å². The van der Waals surface area contributed by atoms with Gasteiger partial charge in [-0.25, -0.2) is 0 Å². The van der Waals surface area contributed by atoms with Gasteiger partial charge in [0.2, 0.25) is 0 Å². The van der Waals surface area contributed by atoms with Gasteiger partial charge in [-0.05, 0) is 45.8 Å². The number of benzene rings is 1. The molecule has 0 aliphatic heterocycles. The van der Waals surface area contributed by atoms with Crippen LogP contribution >= 0.6 is 27.5 Å². The summed E-state index contributed by atoms with van der Waals surface area (Å²) in [4.78, 5) is 4.59. The standard InChI is InChI=1S/C12H10BrClN2OS/c13-9-3-8(5-16-6-9)7-18(17)12-4-10(14)1-2-11(12)15/h1-6H,7,15H2. The maximum atomic E-state index is 12.2. The molecule has 2 aromatic rings. The summed E-state index contributed by atoms with van der Waals surface area (Å²) in [5.74, 6) is 0.358. The molecule has 0 bridgehead atoms. The number of pyridine rings is 1. The van der Waals surface area contributed by atoms with Gasteiger partial charge in [-0.15, -0.1) is 0 Å². The quantitative estimate of drug-likeness (QED) is 0.868. The fourth-order valence-electron chi connectivity index (χ4n) is 1.47. The summed E-state index contributed by atoms with van der Waals surface area (Å²) < 4.78 is 13.1. The minimum atomic E-state index is -1.23. The van der Waals surface area contributed by atoms with E-state index >= 15 is 0 Å². The second kappa shape index (κ2) is 5.82. The number of rotatable bonds is 3. The number of nitrogens with two attached hydrogens (primary N) is 1. The SMILES string of the molecule is Nc1ccc(Cl)cc1S(=O)Cc1cncc(Br)c1. The zero-order valence-corrected chi connectivity index (χ0v) is 12.4. The van der Waals surface area contributed by atoms with Crippen LogP contribution < -0.4 is 5.73 Å². The minimum Gasteiger partial charge on any atom is -0.398 e. The van der Waals surface area contributed by atoms with E-state index in [-0.39, 0.29) is 0 Å². The number of halogens is 2. The molecular weight excluding hydrogens is 336 g/mol. The van der Waals surface area contributed by atoms with Gasteiger partial charge < -0.3 is 5.73 Å². The van der Waals surface area contributed by atoms with Crippen molar-refractivity contribution in [3.05, 3.63) is 51.7 Å². The Hall–Kier alpha value is -0.910. The fraction of sp³-hybridized carbons (Fsp3) is 0.0833. The molecule has 6 heteroatoms. The highest BCUT2D eigenvalue weighted by Gasteiger charge is 2.10. The van der Waals surface area contributed by atoms with Gasteiger partial charge in [0.05, 0.1) is 21.4 Å². The van der Waals surface area contributed by atoms with E-state index in [0.29, 0.717) is 21.4 Å². The number of hydrogen-bond acceptors (Lipinski definition) is 3. The summed E-state index contributed by atoms with van der Waals surface area (Å²) in [6.07, 6.45) is 3.36. The van der Waals surface area contributed by atoms with Crippen molar-refractivity contribution < 1.29 is 4.21 Å². The highest BCUT2D eigenvalue weighted by atomic mass is 79.9. The number of nitrogens with zero attached hydrogens (tertiary/aromatic N) is 1. The van der Waals surface area contributed by atoms with Crippen LogP contribution in [0.5, 0.6) is 0 Å². The number of anilines is 1. The molecule has 0 amide bonds. The summed E-state index contributed by atoms with van der Waals surface area (Å²) in [6.45, 7) is 0. The molecule has 1 aromatic heterocycles. The molecule has 0 aliphatic rings. The predicted molar refractivity (Wildman–Crippen MR) is 77.9 cm³/mol. The van der Waals surface area contributed by atoms with Crippen LogP contribution in [0.25, 0.3) is 0 Å². The first kappa shape index (κ1) is 13.5. The molecule has 2 rings (SSSR count). The van der Waals surface area contributed by atoms with Crippen LogP contribution in [0.4, 0.5) is 5.69 Å². The van der Waals surface area contributed by atoms with Gasteiger partial charge in [0, 0.05) is 27.6 Å². The molecule has 1 aromatic carbocycles. The van der Waals surface area contributed by atoms with Crippen LogP contribution in [-0.2, 0) is 16.6 Å². The van der Waals surface area contributed by atoms with Crippen LogP contribution in [-0.4, -0.2) is 9.19 Å². The molecule has 18 heavy (non-hydrogen) atoms. The van der Waals surface area contributed by atoms with Gasteiger partial charge in [0.15, 0.2) is 0 Å². The second-order valence-corrected chi connectivity index (χ2v) is 6.46. The first-order chi connectivity index (χ1) is 8.56. The highest BCUT2D eigenvalue weighted by molar-refractivity contribution is 9.10. The van der Waals surface area contributed by atoms with Crippen LogP contribution in [0, 0.1) is 0 Å². The number of hydrogen-bond donors (Lipinski definition) is 1. The number of nitrogen functional groups attached to an aromatic ring is 1. The first-order valence-corrected chi connectivity index (χ1v) is 7.58. The van der Waals surface area contributed by atoms with Gasteiger partial charge in [-0.2, -0.15) is 0 Å². The minimum absolute atomic E-state index is 0.358. The van der Waals surface area contributed by atoms with Crippen LogP contribution in [0.3, 0.4) is 0 Å². The second-order valence-electron chi connectivity index (χ2n) is 3.68. The van der Waals surface area contributed by atoms with E-state index in [0.717, 1.165) is 10.0 Å². The Morgan fingerprint density at radius 3 is 2.83 bits per heavy atom. The van der Waals surface area contributed by atoms with Crippen LogP contribution in [0.1, 0.15) is 5.56 Å². The third-order valence-corrected chi connectivity index (χ3v) is 4.39. The predicted octanol–water partition coefficient (Wildman–Crippen LogP) is 3.39. The van der Waals surface area contributed by atoms with E-state index in [1.165, 1.54) is 0 Å². The van der Waals surface area contributed by atoms with Crippen molar-refractivity contribution in [3.8, 4) is 0 Å². The summed E-state index contributed by atoms with van der Waals surface area (Å²) in [5.41, 5.74) is 7.16. The lowest BCUT2D eigenvalue weighted by molar-refractivity contribution is 0.683. The van der Waals surface area contributed by atoms with Crippen molar-refractivity contribution >= 4 is 44.0 Å². The van der Waals surface area contributed by atoms with Crippen molar-refractivity contribution in [3.63, 3.8) is 0 Å². The Labute approximate surface area is 121 Å². The van der Waals surface area contributed by atoms with Gasteiger partial charge in [0.25, 0.3) is 0 Å². The lowest BCUT2D eigenvalue weighted by atomic mass is 10.3. The highest BCUT2D eigenvalue weighted by Crippen LogP contribution is 2.23. The Morgan fingerprint density at radius 2 is 2.11 bits per heavy atom. The van der Waals surface area contributed by atoms with E-state index < -0.39 is 10.8 Å². The normalized spacial score (nSPS) is 12.3. The zero-order chi connectivity index (χ0) is 13.1. The lowest BCUT2D eigenvalue weighted by Gasteiger charge is -2.06. The molecule has 2 N–H and O–H groups in total. The van der Waals surface area contributed by atoms with Crippen molar-refractivity contribution in [1.29, 1.82) is 0 Å². The van der Waals surface area contributed by atoms with Gasteiger partial charge in [-0.3, -0.25) is 9.19 Å². The third kappa shape index (κ3) is 3.31. The van der Waals surface area contributed by atoms with E-state index in [1.54, 1.807) is 30.6 Å². The summed E-state index contributed by atoms with van der Waals surface area (Å²) >= 11 is 9.21. The van der Waals surface area contributed by atoms with Gasteiger partial charge in [-0.1, -0.05) is 11.6 Å². The Kier molecular flexibility index (Phi) is 4.37. The summed E-state index contributed by atoms with van der Waals surface area (Å²) in [7, 11) is -1.23. The fourth-order valence-corrected chi connectivity index (χ4v) is 3.32. The average Bonchev–Trinajstić information content (AvgIpc) is 2.32. The van der Waals surface area contributed by atoms with Crippen LogP contribution in [0.15, 0.2) is 46.0 Å². The Bertz CT molecular complexity index is 606. The molecule has 0 radical (unpaired) electrons. The monoisotopic (exact) mass is 344 g/mol. The van der Waals surface area contributed by atoms with Crippen molar-refractivity contribution in [1.82, 2.24) is 4.98 Å². The molecule has 0 saturated carbocycles. The molecular formula is C12H10BrClN2OS. The maximum absolute atomic E-state index is 12.2. The first-order valence-electron chi connectivity index (χ1n) is 5.09. The summed E-state index contributed by atoms with van der Waals surface area (Å²) in [6, 6.07) is 6.86. The van der Waals surface area contributed by atoms with Crippen molar-refractivity contribution in [2.45, 2.75) is 10.6 Å². The summed E-state index contributed by atoms with van der Waals surface area (Å²) in [5, 5.41) is 0.528. The molecule has 0 saturated heterocycles. The van der Waals surface area contributed by atoms with Crippen molar-refractivity contribution in [2.75, 3.05) is 5.73 Å². The Balaban J connectivity index is 2.24. The number of aromatic nitrogens is 1. The van der Waals surface area contributed by atoms with Gasteiger partial charge in [0.1, 0.15) is 0 Å². The third-order valence-electron chi connectivity index (χ3n) is 2.28. The van der Waals surface area contributed by atoms with Gasteiger partial charge >= 0.3 is 0 Å².